The van der Waals surface area contributed by atoms with Gasteiger partial charge < -0.3 is 10.0 Å². The number of carbonyl (C=O) groups is 1. The summed E-state index contributed by atoms with van der Waals surface area (Å²) in [7, 11) is 1.95. The Hall–Kier alpha value is -1.44. The van der Waals surface area contributed by atoms with Gasteiger partial charge in [0.15, 0.2) is 10.7 Å². The Balaban J connectivity index is 1.90. The van der Waals surface area contributed by atoms with Gasteiger partial charge in [-0.15, -0.1) is 11.3 Å². The predicted molar refractivity (Wildman–Crippen MR) is 86.2 cm³/mol. The molecule has 0 saturated carbocycles. The molecule has 1 aliphatic heterocycles. The van der Waals surface area contributed by atoms with Crippen LogP contribution in [0, 0.1) is 0 Å². The minimum atomic E-state index is -0.395. The summed E-state index contributed by atoms with van der Waals surface area (Å²) in [4.78, 5) is 22.0. The fourth-order valence-electron chi connectivity index (χ4n) is 3.00. The van der Waals surface area contributed by atoms with Crippen molar-refractivity contribution in [2.45, 2.75) is 32.4 Å². The molecule has 6 nitrogen and oxygen atoms in total. The Labute approximate surface area is 134 Å². The summed E-state index contributed by atoms with van der Waals surface area (Å²) >= 11 is 1.54. The Kier molecular flexibility index (Phi) is 4.46. The molecule has 1 aliphatic rings. The summed E-state index contributed by atoms with van der Waals surface area (Å²) < 4.78 is 1.99. The first-order valence-corrected chi connectivity index (χ1v) is 8.54. The zero-order valence-corrected chi connectivity index (χ0v) is 13.8. The highest BCUT2D eigenvalue weighted by molar-refractivity contribution is 7.15. The van der Waals surface area contributed by atoms with Crippen LogP contribution in [0.15, 0.2) is 11.6 Å². The Morgan fingerprint density at radius 3 is 2.91 bits per heavy atom. The van der Waals surface area contributed by atoms with Crippen LogP contribution in [0.3, 0.4) is 0 Å². The van der Waals surface area contributed by atoms with Gasteiger partial charge in [-0.3, -0.25) is 14.1 Å². The minimum Gasteiger partial charge on any atom is -0.392 e. The maximum absolute atomic E-state index is 12.7. The van der Waals surface area contributed by atoms with Gasteiger partial charge >= 0.3 is 0 Å². The van der Waals surface area contributed by atoms with Crippen molar-refractivity contribution in [3.8, 4) is 0 Å². The molecule has 1 N–H and O–H groups in total. The van der Waals surface area contributed by atoms with E-state index in [4.69, 9.17) is 0 Å². The molecule has 1 saturated heterocycles. The van der Waals surface area contributed by atoms with E-state index in [1.54, 1.807) is 6.92 Å². The molecule has 0 aromatic carbocycles. The molecule has 1 fully saturated rings. The van der Waals surface area contributed by atoms with E-state index in [1.807, 2.05) is 32.8 Å². The van der Waals surface area contributed by atoms with Crippen molar-refractivity contribution >= 4 is 22.2 Å². The maximum Gasteiger partial charge on any atom is 0.274 e. The number of aliphatic hydroxyl groups is 1. The summed E-state index contributed by atoms with van der Waals surface area (Å²) in [6.07, 6.45) is 3.71. The van der Waals surface area contributed by atoms with E-state index in [0.717, 1.165) is 36.6 Å². The molecule has 2 aromatic heterocycles. The fourth-order valence-corrected chi connectivity index (χ4v) is 3.73. The van der Waals surface area contributed by atoms with Crippen molar-refractivity contribution in [1.82, 2.24) is 19.2 Å². The summed E-state index contributed by atoms with van der Waals surface area (Å²) in [6.45, 7) is 4.58. The molecular weight excluding hydrogens is 300 g/mol. The van der Waals surface area contributed by atoms with Gasteiger partial charge in [-0.25, -0.2) is 4.98 Å². The van der Waals surface area contributed by atoms with Crippen molar-refractivity contribution in [3.63, 3.8) is 0 Å². The molecule has 3 heterocycles. The van der Waals surface area contributed by atoms with E-state index in [9.17, 15) is 9.90 Å². The number of hydrogen-bond acceptors (Lipinski definition) is 5. The summed E-state index contributed by atoms with van der Waals surface area (Å²) in [6, 6.07) is 0. The summed E-state index contributed by atoms with van der Waals surface area (Å²) in [5.74, 6) is 0.0360. The average molecular weight is 322 g/mol. The fraction of sp³-hybridized carbons (Fsp3) is 0.600. The summed E-state index contributed by atoms with van der Waals surface area (Å²) in [5, 5.41) is 11.5. The lowest BCUT2D eigenvalue weighted by molar-refractivity contribution is 0.0785. The number of carbonyl (C=O) groups excluding carboxylic acids is 1. The number of rotatable bonds is 5. The number of thiazole rings is 1. The highest BCUT2D eigenvalue weighted by Crippen LogP contribution is 2.22. The highest BCUT2D eigenvalue weighted by Gasteiger charge is 2.26. The van der Waals surface area contributed by atoms with E-state index in [1.165, 1.54) is 11.3 Å². The van der Waals surface area contributed by atoms with Crippen LogP contribution in [0.2, 0.25) is 0 Å². The first-order chi connectivity index (χ1) is 10.6. The van der Waals surface area contributed by atoms with Gasteiger partial charge in [-0.1, -0.05) is 0 Å². The van der Waals surface area contributed by atoms with E-state index < -0.39 is 6.10 Å². The smallest absolute Gasteiger partial charge is 0.274 e. The number of nitrogens with zero attached hydrogens (tertiary/aromatic N) is 4. The van der Waals surface area contributed by atoms with Crippen molar-refractivity contribution < 1.29 is 9.90 Å². The van der Waals surface area contributed by atoms with Crippen LogP contribution in [0.1, 0.15) is 35.9 Å². The van der Waals surface area contributed by atoms with Crippen LogP contribution in [0.25, 0.3) is 4.96 Å². The topological polar surface area (TPSA) is 61.1 Å². The van der Waals surface area contributed by atoms with Crippen molar-refractivity contribution in [2.75, 3.05) is 26.7 Å². The predicted octanol–water partition coefficient (Wildman–Crippen LogP) is 1.44. The molecule has 0 aliphatic carbocycles. The largest absolute Gasteiger partial charge is 0.392 e. The molecule has 3 rings (SSSR count). The molecule has 1 unspecified atom stereocenters. The third kappa shape index (κ3) is 3.02. The second-order valence-corrected chi connectivity index (χ2v) is 6.88. The van der Waals surface area contributed by atoms with E-state index in [2.05, 4.69) is 4.98 Å². The molecular formula is C15H22N4O2S. The highest BCUT2D eigenvalue weighted by atomic mass is 32.1. The Morgan fingerprint density at radius 2 is 2.23 bits per heavy atom. The van der Waals surface area contributed by atoms with E-state index in [-0.39, 0.29) is 5.91 Å². The minimum absolute atomic E-state index is 0.0360. The SMILES string of the molecule is CC(O)CN(C)Cc1c(C(=O)N2CCCC2)nc2sccn12. The number of aromatic nitrogens is 2. The number of imidazole rings is 1. The molecule has 2 aromatic rings. The Bertz CT molecular complexity index is 658. The van der Waals surface area contributed by atoms with Crippen molar-refractivity contribution in [1.29, 1.82) is 0 Å². The van der Waals surface area contributed by atoms with Crippen molar-refractivity contribution in [2.24, 2.45) is 0 Å². The van der Waals surface area contributed by atoms with Crippen LogP contribution in [0.5, 0.6) is 0 Å². The monoisotopic (exact) mass is 322 g/mol. The number of hydrogen-bond donors (Lipinski definition) is 1. The molecule has 1 amide bonds. The van der Waals surface area contributed by atoms with Gasteiger partial charge in [0.25, 0.3) is 5.91 Å². The third-order valence-corrected chi connectivity index (χ3v) is 4.71. The molecule has 0 bridgehead atoms. The molecule has 0 spiro atoms. The number of amides is 1. The molecule has 7 heteroatoms. The van der Waals surface area contributed by atoms with Gasteiger partial charge in [0.2, 0.25) is 0 Å². The van der Waals surface area contributed by atoms with Gasteiger partial charge in [-0.05, 0) is 26.8 Å². The summed E-state index contributed by atoms with van der Waals surface area (Å²) in [5.41, 5.74) is 1.47. The Morgan fingerprint density at radius 1 is 1.50 bits per heavy atom. The second-order valence-electron chi connectivity index (χ2n) is 6.01. The van der Waals surface area contributed by atoms with Crippen LogP contribution >= 0.6 is 11.3 Å². The maximum atomic E-state index is 12.7. The zero-order chi connectivity index (χ0) is 15.7. The molecule has 22 heavy (non-hydrogen) atoms. The standard InChI is InChI=1S/C15H22N4O2S/c1-11(20)9-17(2)10-12-13(14(21)18-5-3-4-6-18)16-15-19(12)7-8-22-15/h7-8,11,20H,3-6,9-10H2,1-2H3. The average Bonchev–Trinajstić information content (AvgIpc) is 3.14. The van der Waals surface area contributed by atoms with Crippen LogP contribution in [-0.4, -0.2) is 63.0 Å². The normalized spacial score (nSPS) is 16.8. The van der Waals surface area contributed by atoms with Crippen molar-refractivity contribution in [3.05, 3.63) is 23.0 Å². The van der Waals surface area contributed by atoms with E-state index >= 15 is 0 Å². The number of likely N-dealkylation sites (N-methyl/N-ethyl adjacent to an activating group) is 1. The van der Waals surface area contributed by atoms with E-state index in [0.29, 0.717) is 18.8 Å². The first-order valence-electron chi connectivity index (χ1n) is 7.66. The lowest BCUT2D eigenvalue weighted by Gasteiger charge is -2.19. The molecule has 1 atom stereocenters. The molecule has 0 radical (unpaired) electrons. The van der Waals surface area contributed by atoms with Crippen LogP contribution in [-0.2, 0) is 6.54 Å². The number of aliphatic hydroxyl groups excluding tert-OH is 1. The van der Waals surface area contributed by atoms with Gasteiger partial charge in [0.05, 0.1) is 11.8 Å². The first kappa shape index (κ1) is 15.5. The number of fused-ring (bicyclic) bond motifs is 1. The molecule has 120 valence electrons. The third-order valence-electron chi connectivity index (χ3n) is 3.95. The van der Waals surface area contributed by atoms with Gasteiger partial charge in [0, 0.05) is 37.8 Å². The van der Waals surface area contributed by atoms with Gasteiger partial charge in [-0.2, -0.15) is 0 Å². The number of likely N-dealkylation sites (tertiary alicyclic amines) is 1. The lowest BCUT2D eigenvalue weighted by atomic mass is 10.2. The lowest BCUT2D eigenvalue weighted by Crippen LogP contribution is -2.31. The van der Waals surface area contributed by atoms with Gasteiger partial charge in [0.1, 0.15) is 0 Å². The quantitative estimate of drug-likeness (QED) is 0.905. The second kappa shape index (κ2) is 6.36. The zero-order valence-electron chi connectivity index (χ0n) is 13.0. The van der Waals surface area contributed by atoms with Crippen LogP contribution in [0.4, 0.5) is 0 Å². The van der Waals surface area contributed by atoms with Crippen LogP contribution < -0.4 is 0 Å².